The Labute approximate surface area is 135 Å². The maximum absolute atomic E-state index is 12.4. The van der Waals surface area contributed by atoms with Crippen LogP contribution < -0.4 is 11.1 Å². The summed E-state index contributed by atoms with van der Waals surface area (Å²) in [6.45, 7) is 2.09. The zero-order valence-electron chi connectivity index (χ0n) is 13.3. The number of nitrogen functional groups attached to an aromatic ring is 1. The van der Waals surface area contributed by atoms with Crippen molar-refractivity contribution in [2.24, 2.45) is 0 Å². The van der Waals surface area contributed by atoms with E-state index in [0.717, 1.165) is 12.8 Å². The van der Waals surface area contributed by atoms with Gasteiger partial charge in [0.05, 0.1) is 11.6 Å². The number of nitrogens with one attached hydrogen (secondary N) is 1. The number of carbonyl (C=O) groups excluding carboxylic acids is 1. The lowest BCUT2D eigenvalue weighted by Crippen LogP contribution is -2.30. The van der Waals surface area contributed by atoms with E-state index in [-0.39, 0.29) is 24.4 Å². The van der Waals surface area contributed by atoms with Crippen molar-refractivity contribution in [3.63, 3.8) is 0 Å². The van der Waals surface area contributed by atoms with E-state index in [2.05, 4.69) is 27.2 Å². The summed E-state index contributed by atoms with van der Waals surface area (Å²) in [5.74, 6) is 0.686. The van der Waals surface area contributed by atoms with Crippen molar-refractivity contribution in [1.82, 2.24) is 15.0 Å². The minimum absolute atomic E-state index is 0.0111. The summed E-state index contributed by atoms with van der Waals surface area (Å²) < 4.78 is 0. The number of anilines is 2. The third-order valence-corrected chi connectivity index (χ3v) is 3.60. The number of hydrogen-bond donors (Lipinski definition) is 3. The van der Waals surface area contributed by atoms with E-state index in [0.29, 0.717) is 36.1 Å². The smallest absolute Gasteiger partial charge is 0.222 e. The molecule has 2 aromatic rings. The predicted octanol–water partition coefficient (Wildman–Crippen LogP) is 1.92. The molecule has 0 saturated heterocycles. The third-order valence-electron chi connectivity index (χ3n) is 3.60. The summed E-state index contributed by atoms with van der Waals surface area (Å²) in [4.78, 5) is 25.0. The van der Waals surface area contributed by atoms with Gasteiger partial charge in [0.15, 0.2) is 11.6 Å². The molecule has 2 rings (SSSR count). The number of aromatic nitrogens is 3. The third kappa shape index (κ3) is 4.59. The summed E-state index contributed by atoms with van der Waals surface area (Å²) in [6, 6.07) is 3.22. The summed E-state index contributed by atoms with van der Waals surface area (Å²) in [6.07, 6.45) is 5.09. The van der Waals surface area contributed by atoms with Gasteiger partial charge in [-0.05, 0) is 25.0 Å². The summed E-state index contributed by atoms with van der Waals surface area (Å²) in [7, 11) is 0. The van der Waals surface area contributed by atoms with Crippen LogP contribution in [0.4, 0.5) is 11.8 Å². The Kier molecular flexibility index (Phi) is 6.22. The van der Waals surface area contributed by atoms with Gasteiger partial charge < -0.3 is 16.2 Å². The Balaban J connectivity index is 2.26. The first-order valence-corrected chi connectivity index (χ1v) is 7.94. The Bertz CT molecular complexity index is 662. The number of aliphatic hydroxyl groups is 1. The van der Waals surface area contributed by atoms with E-state index in [9.17, 15) is 4.79 Å². The fraction of sp³-hybridized carbons (Fsp3) is 0.500. The fourth-order valence-corrected chi connectivity index (χ4v) is 2.40. The van der Waals surface area contributed by atoms with Crippen molar-refractivity contribution in [2.45, 2.75) is 45.1 Å². The van der Waals surface area contributed by atoms with Crippen molar-refractivity contribution in [1.29, 1.82) is 0 Å². The molecule has 0 aromatic carbocycles. The van der Waals surface area contributed by atoms with E-state index in [4.69, 9.17) is 10.8 Å². The quantitative estimate of drug-likeness (QED) is 0.647. The molecule has 0 saturated carbocycles. The molecule has 7 nitrogen and oxygen atoms in total. The van der Waals surface area contributed by atoms with Gasteiger partial charge in [0.2, 0.25) is 5.95 Å². The average molecular weight is 317 g/mol. The van der Waals surface area contributed by atoms with E-state index in [1.807, 2.05) is 0 Å². The lowest BCUT2D eigenvalue weighted by Gasteiger charge is -2.18. The minimum Gasteiger partial charge on any atom is -0.396 e. The molecular formula is C16H23N5O2. The van der Waals surface area contributed by atoms with Crippen molar-refractivity contribution in [2.75, 3.05) is 17.7 Å². The first kappa shape index (κ1) is 17.1. The lowest BCUT2D eigenvalue weighted by molar-refractivity contribution is -0.120. The first-order chi connectivity index (χ1) is 11.2. The largest absolute Gasteiger partial charge is 0.396 e. The van der Waals surface area contributed by atoms with Crippen LogP contribution in [0.5, 0.6) is 0 Å². The number of aliphatic hydroxyl groups excluding tert-OH is 1. The number of pyridine rings is 1. The van der Waals surface area contributed by atoms with Crippen molar-refractivity contribution in [3.8, 4) is 0 Å². The SMILES string of the molecule is CCCC[C@@H](Nc1nc(N)nc2cccnc12)C(=O)CCCO. The van der Waals surface area contributed by atoms with Crippen molar-refractivity contribution < 1.29 is 9.90 Å². The summed E-state index contributed by atoms with van der Waals surface area (Å²) in [5, 5.41) is 12.1. The van der Waals surface area contributed by atoms with Crippen LogP contribution in [-0.2, 0) is 4.79 Å². The highest BCUT2D eigenvalue weighted by atomic mass is 16.3. The van der Waals surface area contributed by atoms with Gasteiger partial charge in [-0.2, -0.15) is 4.98 Å². The molecule has 0 fully saturated rings. The molecule has 2 aromatic heterocycles. The number of nitrogens with two attached hydrogens (primary N) is 1. The van der Waals surface area contributed by atoms with Gasteiger partial charge in [-0.25, -0.2) is 4.98 Å². The highest BCUT2D eigenvalue weighted by Crippen LogP contribution is 2.21. The Morgan fingerprint density at radius 1 is 1.39 bits per heavy atom. The molecule has 1 atom stereocenters. The van der Waals surface area contributed by atoms with Crippen LogP contribution in [0.3, 0.4) is 0 Å². The Morgan fingerprint density at radius 2 is 2.22 bits per heavy atom. The molecule has 0 bridgehead atoms. The minimum atomic E-state index is -0.360. The van der Waals surface area contributed by atoms with Crippen molar-refractivity contribution >= 4 is 28.6 Å². The number of rotatable bonds is 9. The monoisotopic (exact) mass is 317 g/mol. The van der Waals surface area contributed by atoms with Gasteiger partial charge in [0, 0.05) is 19.2 Å². The number of hydrogen-bond acceptors (Lipinski definition) is 7. The van der Waals surface area contributed by atoms with Gasteiger partial charge in [-0.15, -0.1) is 0 Å². The zero-order valence-corrected chi connectivity index (χ0v) is 13.3. The summed E-state index contributed by atoms with van der Waals surface area (Å²) in [5.41, 5.74) is 6.98. The van der Waals surface area contributed by atoms with Crippen LogP contribution >= 0.6 is 0 Å². The Hall–Kier alpha value is -2.28. The molecule has 0 aliphatic rings. The molecule has 0 unspecified atom stereocenters. The molecule has 0 radical (unpaired) electrons. The normalized spacial score (nSPS) is 12.3. The van der Waals surface area contributed by atoms with E-state index < -0.39 is 0 Å². The van der Waals surface area contributed by atoms with Crippen molar-refractivity contribution in [3.05, 3.63) is 18.3 Å². The molecule has 124 valence electrons. The van der Waals surface area contributed by atoms with Crippen LogP contribution in [0, 0.1) is 0 Å². The second-order valence-electron chi connectivity index (χ2n) is 5.43. The molecule has 2 heterocycles. The van der Waals surface area contributed by atoms with Gasteiger partial charge in [-0.1, -0.05) is 19.8 Å². The number of nitrogens with zero attached hydrogens (tertiary/aromatic N) is 3. The van der Waals surface area contributed by atoms with Crippen LogP contribution in [0.1, 0.15) is 39.0 Å². The first-order valence-electron chi connectivity index (χ1n) is 7.94. The van der Waals surface area contributed by atoms with Crippen LogP contribution in [-0.4, -0.2) is 38.5 Å². The lowest BCUT2D eigenvalue weighted by atomic mass is 10.0. The second-order valence-corrected chi connectivity index (χ2v) is 5.43. The van der Waals surface area contributed by atoms with Crippen LogP contribution in [0.15, 0.2) is 18.3 Å². The number of carbonyl (C=O) groups is 1. The molecule has 0 aliphatic heterocycles. The van der Waals surface area contributed by atoms with Crippen LogP contribution in [0.25, 0.3) is 11.0 Å². The topological polar surface area (TPSA) is 114 Å². The van der Waals surface area contributed by atoms with Gasteiger partial charge in [0.1, 0.15) is 5.52 Å². The Morgan fingerprint density at radius 3 is 2.96 bits per heavy atom. The maximum atomic E-state index is 12.4. The number of Topliss-reactive ketones (excluding diaryl/α,β-unsaturated/α-hetero) is 1. The molecule has 0 amide bonds. The zero-order chi connectivity index (χ0) is 16.7. The second kappa shape index (κ2) is 8.38. The fourth-order valence-electron chi connectivity index (χ4n) is 2.40. The maximum Gasteiger partial charge on any atom is 0.222 e. The van der Waals surface area contributed by atoms with Gasteiger partial charge >= 0.3 is 0 Å². The number of unbranched alkanes of at least 4 members (excludes halogenated alkanes) is 1. The van der Waals surface area contributed by atoms with E-state index in [1.54, 1.807) is 18.3 Å². The molecule has 7 heteroatoms. The number of ketones is 1. The molecule has 0 aliphatic carbocycles. The van der Waals surface area contributed by atoms with E-state index in [1.165, 1.54) is 0 Å². The molecule has 4 N–H and O–H groups in total. The van der Waals surface area contributed by atoms with E-state index >= 15 is 0 Å². The highest BCUT2D eigenvalue weighted by Gasteiger charge is 2.19. The molecule has 23 heavy (non-hydrogen) atoms. The standard InChI is InChI=1S/C16H23N5O2/c1-2-3-6-11(13(23)8-5-10-22)19-15-14-12(7-4-9-18-14)20-16(17)21-15/h4,7,9,11,22H,2-3,5-6,8,10H2,1H3,(H3,17,19,20,21)/t11-/m1/s1. The average Bonchev–Trinajstić information content (AvgIpc) is 2.56. The predicted molar refractivity (Wildman–Crippen MR) is 90.0 cm³/mol. The number of fused-ring (bicyclic) bond motifs is 1. The molecule has 0 spiro atoms. The molecular weight excluding hydrogens is 294 g/mol. The summed E-state index contributed by atoms with van der Waals surface area (Å²) >= 11 is 0. The highest BCUT2D eigenvalue weighted by molar-refractivity contribution is 5.91. The van der Waals surface area contributed by atoms with Crippen LogP contribution in [0.2, 0.25) is 0 Å². The van der Waals surface area contributed by atoms with Gasteiger partial charge in [0.25, 0.3) is 0 Å². The van der Waals surface area contributed by atoms with Gasteiger partial charge in [-0.3, -0.25) is 9.78 Å².